The van der Waals surface area contributed by atoms with Crippen LogP contribution in [0.2, 0.25) is 0 Å². The van der Waals surface area contributed by atoms with Gasteiger partial charge >= 0.3 is 0 Å². The van der Waals surface area contributed by atoms with Gasteiger partial charge in [0.1, 0.15) is 23.6 Å². The molecule has 0 spiro atoms. The van der Waals surface area contributed by atoms with Gasteiger partial charge in [0.05, 0.1) is 7.11 Å². The number of benzene rings is 2. The molecular weight excluding hydrogens is 352 g/mol. The topological polar surface area (TPSA) is 76.1 Å². The minimum Gasteiger partial charge on any atom is -0.496 e. The van der Waals surface area contributed by atoms with Crippen LogP contribution in [0.5, 0.6) is 5.75 Å². The molecule has 0 bridgehead atoms. The predicted molar refractivity (Wildman–Crippen MR) is 110 cm³/mol. The molecule has 2 N–H and O–H groups in total. The summed E-state index contributed by atoms with van der Waals surface area (Å²) in [7, 11) is 1.67. The molecule has 0 fully saturated rings. The molecule has 0 aliphatic heterocycles. The Morgan fingerprint density at radius 2 is 1.75 bits per heavy atom. The molecule has 0 aliphatic rings. The molecule has 144 valence electrons. The number of carbonyl (C=O) groups excluding carboxylic acids is 1. The summed E-state index contributed by atoms with van der Waals surface area (Å²) in [5.74, 6) is 1.29. The lowest BCUT2D eigenvalue weighted by atomic mass is 10.1. The third-order valence-corrected chi connectivity index (χ3v) is 4.33. The molecule has 6 nitrogen and oxygen atoms in total. The van der Waals surface area contributed by atoms with E-state index < -0.39 is 0 Å². The highest BCUT2D eigenvalue weighted by atomic mass is 16.5. The molecule has 0 unspecified atom stereocenters. The molecule has 0 aliphatic carbocycles. The summed E-state index contributed by atoms with van der Waals surface area (Å²) < 4.78 is 5.36. The molecule has 28 heavy (non-hydrogen) atoms. The number of hydrogen-bond acceptors (Lipinski definition) is 5. The van der Waals surface area contributed by atoms with Crippen molar-refractivity contribution in [2.75, 3.05) is 25.5 Å². The van der Waals surface area contributed by atoms with Gasteiger partial charge in [0, 0.05) is 19.2 Å². The predicted octanol–water partition coefficient (Wildman–Crippen LogP) is 3.11. The van der Waals surface area contributed by atoms with E-state index in [0.29, 0.717) is 24.6 Å². The van der Waals surface area contributed by atoms with Crippen LogP contribution in [-0.4, -0.2) is 36.1 Å². The number of carbonyl (C=O) groups is 1. The zero-order chi connectivity index (χ0) is 19.6. The Labute approximate surface area is 165 Å². The number of methoxy groups -OCH3 is 1. The van der Waals surface area contributed by atoms with Gasteiger partial charge in [0.2, 0.25) is 0 Å². The Bertz CT molecular complexity index is 900. The zero-order valence-corrected chi connectivity index (χ0v) is 15.9. The van der Waals surface area contributed by atoms with Gasteiger partial charge in [0.15, 0.2) is 0 Å². The normalized spacial score (nSPS) is 10.3. The third kappa shape index (κ3) is 5.54. The molecule has 3 rings (SSSR count). The molecule has 0 atom stereocenters. The van der Waals surface area contributed by atoms with Crippen LogP contribution in [0.3, 0.4) is 0 Å². The lowest BCUT2D eigenvalue weighted by molar-refractivity contribution is 0.0949. The number of ether oxygens (including phenoxy) is 1. The van der Waals surface area contributed by atoms with Crippen LogP contribution in [0.25, 0.3) is 0 Å². The minimum atomic E-state index is -0.203. The second-order valence-corrected chi connectivity index (χ2v) is 6.27. The van der Waals surface area contributed by atoms with E-state index in [4.69, 9.17) is 4.74 Å². The SMILES string of the molecule is COc1ccccc1CCNc1cc(C(=O)NCCc2ccccc2)ncn1. The number of para-hydroxylation sites is 1. The van der Waals surface area contributed by atoms with Gasteiger partial charge in [-0.25, -0.2) is 9.97 Å². The smallest absolute Gasteiger partial charge is 0.270 e. The Hall–Kier alpha value is -3.41. The Morgan fingerprint density at radius 3 is 2.57 bits per heavy atom. The monoisotopic (exact) mass is 376 g/mol. The van der Waals surface area contributed by atoms with Crippen molar-refractivity contribution in [3.05, 3.63) is 83.8 Å². The number of anilines is 1. The zero-order valence-electron chi connectivity index (χ0n) is 15.9. The number of nitrogens with one attached hydrogen (secondary N) is 2. The number of hydrogen-bond donors (Lipinski definition) is 2. The number of amides is 1. The van der Waals surface area contributed by atoms with Gasteiger partial charge in [-0.1, -0.05) is 48.5 Å². The van der Waals surface area contributed by atoms with Crippen molar-refractivity contribution in [1.82, 2.24) is 15.3 Å². The molecule has 0 radical (unpaired) electrons. The highest BCUT2D eigenvalue weighted by Crippen LogP contribution is 2.17. The largest absolute Gasteiger partial charge is 0.496 e. The van der Waals surface area contributed by atoms with Crippen molar-refractivity contribution in [2.24, 2.45) is 0 Å². The van der Waals surface area contributed by atoms with Crippen LogP contribution in [0, 0.1) is 0 Å². The van der Waals surface area contributed by atoms with Gasteiger partial charge < -0.3 is 15.4 Å². The van der Waals surface area contributed by atoms with E-state index in [2.05, 4.69) is 20.6 Å². The van der Waals surface area contributed by atoms with Crippen molar-refractivity contribution in [2.45, 2.75) is 12.8 Å². The van der Waals surface area contributed by atoms with Crippen LogP contribution in [-0.2, 0) is 12.8 Å². The first kappa shape index (κ1) is 19.4. The van der Waals surface area contributed by atoms with E-state index in [0.717, 1.165) is 24.2 Å². The molecule has 1 aromatic heterocycles. The minimum absolute atomic E-state index is 0.203. The lowest BCUT2D eigenvalue weighted by Crippen LogP contribution is -2.26. The summed E-state index contributed by atoms with van der Waals surface area (Å²) in [6.07, 6.45) is 2.96. The van der Waals surface area contributed by atoms with Gasteiger partial charge in [-0.15, -0.1) is 0 Å². The van der Waals surface area contributed by atoms with Crippen LogP contribution in [0.15, 0.2) is 67.0 Å². The fraction of sp³-hybridized carbons (Fsp3) is 0.227. The van der Waals surface area contributed by atoms with E-state index in [1.54, 1.807) is 13.2 Å². The van der Waals surface area contributed by atoms with E-state index in [1.165, 1.54) is 11.9 Å². The van der Waals surface area contributed by atoms with Crippen molar-refractivity contribution >= 4 is 11.7 Å². The average molecular weight is 376 g/mol. The number of nitrogens with zero attached hydrogens (tertiary/aromatic N) is 2. The Kier molecular flexibility index (Phi) is 6.95. The van der Waals surface area contributed by atoms with Crippen LogP contribution < -0.4 is 15.4 Å². The quantitative estimate of drug-likeness (QED) is 0.600. The number of rotatable bonds is 9. The summed E-state index contributed by atoms with van der Waals surface area (Å²) in [6.45, 7) is 1.23. The van der Waals surface area contributed by atoms with E-state index in [-0.39, 0.29) is 5.91 Å². The highest BCUT2D eigenvalue weighted by molar-refractivity contribution is 5.92. The standard InChI is InChI=1S/C22H24N4O2/c1-28-20-10-6-5-9-18(20)12-14-23-21-15-19(25-16-26-21)22(27)24-13-11-17-7-3-2-4-8-17/h2-10,15-16H,11-14H2,1H3,(H,24,27)(H,23,25,26). The van der Waals surface area contributed by atoms with E-state index >= 15 is 0 Å². The Balaban J connectivity index is 1.49. The summed E-state index contributed by atoms with van der Waals surface area (Å²) in [5.41, 5.74) is 2.65. The van der Waals surface area contributed by atoms with Gasteiger partial charge in [-0.2, -0.15) is 0 Å². The first-order valence-corrected chi connectivity index (χ1v) is 9.26. The first-order chi connectivity index (χ1) is 13.8. The molecule has 1 amide bonds. The maximum Gasteiger partial charge on any atom is 0.270 e. The van der Waals surface area contributed by atoms with Gasteiger partial charge in [-0.3, -0.25) is 4.79 Å². The first-order valence-electron chi connectivity index (χ1n) is 9.26. The summed E-state index contributed by atoms with van der Waals surface area (Å²) in [6, 6.07) is 19.6. The molecule has 6 heteroatoms. The molecule has 3 aromatic rings. The molecule has 0 saturated carbocycles. The fourth-order valence-corrected chi connectivity index (χ4v) is 2.87. The van der Waals surface area contributed by atoms with Crippen LogP contribution in [0.1, 0.15) is 21.6 Å². The fourth-order valence-electron chi connectivity index (χ4n) is 2.87. The van der Waals surface area contributed by atoms with E-state index in [1.807, 2.05) is 54.6 Å². The van der Waals surface area contributed by atoms with Crippen molar-refractivity contribution in [3.63, 3.8) is 0 Å². The molecule has 2 aromatic carbocycles. The summed E-state index contributed by atoms with van der Waals surface area (Å²) >= 11 is 0. The molecule has 1 heterocycles. The van der Waals surface area contributed by atoms with Crippen molar-refractivity contribution in [1.29, 1.82) is 0 Å². The molecule has 0 saturated heterocycles. The number of aromatic nitrogens is 2. The van der Waals surface area contributed by atoms with Gasteiger partial charge in [-0.05, 0) is 30.0 Å². The summed E-state index contributed by atoms with van der Waals surface area (Å²) in [4.78, 5) is 20.6. The van der Waals surface area contributed by atoms with Crippen molar-refractivity contribution < 1.29 is 9.53 Å². The second kappa shape index (κ2) is 10.1. The second-order valence-electron chi connectivity index (χ2n) is 6.27. The van der Waals surface area contributed by atoms with E-state index in [9.17, 15) is 4.79 Å². The highest BCUT2D eigenvalue weighted by Gasteiger charge is 2.08. The lowest BCUT2D eigenvalue weighted by Gasteiger charge is -2.10. The molecular formula is C22H24N4O2. The maximum atomic E-state index is 12.3. The van der Waals surface area contributed by atoms with Crippen LogP contribution >= 0.6 is 0 Å². The summed E-state index contributed by atoms with van der Waals surface area (Å²) in [5, 5.41) is 6.13. The maximum absolute atomic E-state index is 12.3. The van der Waals surface area contributed by atoms with Gasteiger partial charge in [0.25, 0.3) is 5.91 Å². The van der Waals surface area contributed by atoms with Crippen LogP contribution in [0.4, 0.5) is 5.82 Å². The third-order valence-electron chi connectivity index (χ3n) is 4.33. The van der Waals surface area contributed by atoms with Crippen molar-refractivity contribution in [3.8, 4) is 5.75 Å². The Morgan fingerprint density at radius 1 is 0.964 bits per heavy atom. The average Bonchev–Trinajstić information content (AvgIpc) is 2.75.